The number of hydrogen-bond donors (Lipinski definition) is 1. The number of hydrogen-bond acceptors (Lipinski definition) is 7. The molecule has 24 heavy (non-hydrogen) atoms. The summed E-state index contributed by atoms with van der Waals surface area (Å²) in [6.07, 6.45) is 2.98. The summed E-state index contributed by atoms with van der Waals surface area (Å²) >= 11 is 0. The zero-order chi connectivity index (χ0) is 17.1. The van der Waals surface area contributed by atoms with Gasteiger partial charge >= 0.3 is 0 Å². The monoisotopic (exact) mass is 331 g/mol. The number of nitrogens with two attached hydrogens (primary N) is 1. The van der Waals surface area contributed by atoms with Gasteiger partial charge in [-0.1, -0.05) is 13.5 Å². The van der Waals surface area contributed by atoms with Gasteiger partial charge in [0.1, 0.15) is 24.4 Å². The Morgan fingerprint density at radius 1 is 1.33 bits per heavy atom. The maximum absolute atomic E-state index is 6.18. The SMILES string of the molecule is C=Cc1nn([C@@H]2O[C@@H](CC)[C@H]3OC(C)(C)O[C@H]32)c2ncnc(N)c12. The molecule has 0 bridgehead atoms. The molecule has 0 saturated carbocycles. The van der Waals surface area contributed by atoms with Crippen molar-refractivity contribution in [1.29, 1.82) is 0 Å². The Bertz CT molecular complexity index is 802. The van der Waals surface area contributed by atoms with Crippen molar-refractivity contribution in [3.05, 3.63) is 18.6 Å². The van der Waals surface area contributed by atoms with Crippen molar-refractivity contribution in [2.24, 2.45) is 0 Å². The van der Waals surface area contributed by atoms with E-state index in [-0.39, 0.29) is 18.3 Å². The third-order valence-corrected chi connectivity index (χ3v) is 4.51. The van der Waals surface area contributed by atoms with Gasteiger partial charge in [0.25, 0.3) is 0 Å². The number of aromatic nitrogens is 4. The zero-order valence-corrected chi connectivity index (χ0v) is 14.0. The fourth-order valence-electron chi connectivity index (χ4n) is 3.53. The topological polar surface area (TPSA) is 97.3 Å². The maximum Gasteiger partial charge on any atom is 0.181 e. The van der Waals surface area contributed by atoms with Crippen LogP contribution in [-0.4, -0.2) is 43.8 Å². The molecular formula is C16H21N5O3. The van der Waals surface area contributed by atoms with Crippen LogP contribution in [0, 0.1) is 0 Å². The van der Waals surface area contributed by atoms with Gasteiger partial charge in [0.2, 0.25) is 0 Å². The van der Waals surface area contributed by atoms with Crippen molar-refractivity contribution in [1.82, 2.24) is 19.7 Å². The van der Waals surface area contributed by atoms with E-state index >= 15 is 0 Å². The van der Waals surface area contributed by atoms with Crippen molar-refractivity contribution < 1.29 is 14.2 Å². The Morgan fingerprint density at radius 3 is 2.79 bits per heavy atom. The molecule has 0 aliphatic carbocycles. The Balaban J connectivity index is 1.83. The van der Waals surface area contributed by atoms with Crippen molar-refractivity contribution in [2.45, 2.75) is 57.5 Å². The third-order valence-electron chi connectivity index (χ3n) is 4.51. The predicted molar refractivity (Wildman–Crippen MR) is 87.9 cm³/mol. The molecule has 2 N–H and O–H groups in total. The first-order chi connectivity index (χ1) is 11.4. The van der Waals surface area contributed by atoms with Gasteiger partial charge in [0.05, 0.1) is 17.2 Å². The van der Waals surface area contributed by atoms with E-state index in [1.165, 1.54) is 6.33 Å². The van der Waals surface area contributed by atoms with E-state index in [4.69, 9.17) is 19.9 Å². The first-order valence-corrected chi connectivity index (χ1v) is 8.07. The number of ether oxygens (including phenoxy) is 3. The molecule has 2 aliphatic heterocycles. The number of rotatable bonds is 3. The van der Waals surface area contributed by atoms with Crippen LogP contribution in [0.15, 0.2) is 12.9 Å². The highest BCUT2D eigenvalue weighted by Crippen LogP contribution is 2.44. The summed E-state index contributed by atoms with van der Waals surface area (Å²) in [6, 6.07) is 0. The van der Waals surface area contributed by atoms with E-state index in [1.54, 1.807) is 10.8 Å². The van der Waals surface area contributed by atoms with Gasteiger partial charge < -0.3 is 19.9 Å². The minimum Gasteiger partial charge on any atom is -0.383 e. The second-order valence-corrected chi connectivity index (χ2v) is 6.53. The molecule has 2 fully saturated rings. The summed E-state index contributed by atoms with van der Waals surface area (Å²) in [5.74, 6) is -0.283. The number of nitrogen functional groups attached to an aromatic ring is 1. The molecule has 0 unspecified atom stereocenters. The molecular weight excluding hydrogens is 310 g/mol. The molecule has 4 atom stereocenters. The summed E-state index contributed by atoms with van der Waals surface area (Å²) in [4.78, 5) is 8.39. The summed E-state index contributed by atoms with van der Waals surface area (Å²) in [5, 5.41) is 5.26. The van der Waals surface area contributed by atoms with Crippen LogP contribution in [0.5, 0.6) is 0 Å². The fraction of sp³-hybridized carbons (Fsp3) is 0.562. The van der Waals surface area contributed by atoms with Crippen LogP contribution in [0.3, 0.4) is 0 Å². The van der Waals surface area contributed by atoms with Gasteiger partial charge in [0.15, 0.2) is 17.7 Å². The number of anilines is 1. The summed E-state index contributed by atoms with van der Waals surface area (Å²) in [6.45, 7) is 9.68. The maximum atomic E-state index is 6.18. The molecule has 2 aromatic heterocycles. The lowest BCUT2D eigenvalue weighted by Crippen LogP contribution is -2.28. The molecule has 4 rings (SSSR count). The molecule has 2 saturated heterocycles. The molecule has 0 aromatic carbocycles. The predicted octanol–water partition coefficient (Wildman–Crippen LogP) is 1.88. The molecule has 0 spiro atoms. The Morgan fingerprint density at radius 2 is 2.08 bits per heavy atom. The van der Waals surface area contributed by atoms with Crippen LogP contribution in [0.2, 0.25) is 0 Å². The molecule has 4 heterocycles. The summed E-state index contributed by atoms with van der Waals surface area (Å²) in [5.41, 5.74) is 7.23. The third kappa shape index (κ3) is 2.14. The van der Waals surface area contributed by atoms with Crippen LogP contribution < -0.4 is 5.73 Å². The van der Waals surface area contributed by atoms with Gasteiger partial charge in [-0.25, -0.2) is 14.6 Å². The van der Waals surface area contributed by atoms with E-state index in [2.05, 4.69) is 28.6 Å². The molecule has 2 aromatic rings. The van der Waals surface area contributed by atoms with E-state index in [0.29, 0.717) is 22.5 Å². The van der Waals surface area contributed by atoms with Gasteiger partial charge in [-0.2, -0.15) is 5.10 Å². The Kier molecular flexibility index (Phi) is 3.38. The van der Waals surface area contributed by atoms with Crippen LogP contribution in [-0.2, 0) is 14.2 Å². The van der Waals surface area contributed by atoms with E-state index < -0.39 is 12.0 Å². The summed E-state index contributed by atoms with van der Waals surface area (Å²) < 4.78 is 20.0. The smallest absolute Gasteiger partial charge is 0.181 e. The van der Waals surface area contributed by atoms with Crippen LogP contribution in [0.1, 0.15) is 39.1 Å². The second-order valence-electron chi connectivity index (χ2n) is 6.53. The molecule has 0 amide bonds. The van der Waals surface area contributed by atoms with Gasteiger partial charge in [-0.3, -0.25) is 0 Å². The largest absolute Gasteiger partial charge is 0.383 e. The average Bonchev–Trinajstić information content (AvgIpc) is 3.16. The molecule has 128 valence electrons. The van der Waals surface area contributed by atoms with E-state index in [1.807, 2.05) is 13.8 Å². The molecule has 2 aliphatic rings. The highest BCUT2D eigenvalue weighted by atomic mass is 16.8. The molecule has 8 nitrogen and oxygen atoms in total. The lowest BCUT2D eigenvalue weighted by molar-refractivity contribution is -0.197. The van der Waals surface area contributed by atoms with Crippen LogP contribution in [0.4, 0.5) is 5.82 Å². The first kappa shape index (κ1) is 15.5. The van der Waals surface area contributed by atoms with Crippen molar-refractivity contribution in [3.8, 4) is 0 Å². The molecule has 0 radical (unpaired) electrons. The quantitative estimate of drug-likeness (QED) is 0.917. The highest BCUT2D eigenvalue weighted by Gasteiger charge is 2.55. The minimum atomic E-state index is -0.650. The van der Waals surface area contributed by atoms with Gasteiger partial charge in [-0.05, 0) is 26.3 Å². The lowest BCUT2D eigenvalue weighted by atomic mass is 10.1. The average molecular weight is 331 g/mol. The van der Waals surface area contributed by atoms with Crippen molar-refractivity contribution in [2.75, 3.05) is 5.73 Å². The highest BCUT2D eigenvalue weighted by molar-refractivity contribution is 5.92. The van der Waals surface area contributed by atoms with Crippen LogP contribution in [0.25, 0.3) is 17.1 Å². The van der Waals surface area contributed by atoms with Gasteiger partial charge in [-0.15, -0.1) is 0 Å². The molecule has 8 heteroatoms. The number of fused-ring (bicyclic) bond motifs is 2. The van der Waals surface area contributed by atoms with Crippen LogP contribution >= 0.6 is 0 Å². The first-order valence-electron chi connectivity index (χ1n) is 8.07. The number of nitrogens with zero attached hydrogens (tertiary/aromatic N) is 4. The minimum absolute atomic E-state index is 0.0626. The fourth-order valence-corrected chi connectivity index (χ4v) is 3.53. The Labute approximate surface area is 139 Å². The summed E-state index contributed by atoms with van der Waals surface area (Å²) in [7, 11) is 0. The van der Waals surface area contributed by atoms with E-state index in [0.717, 1.165) is 6.42 Å². The second kappa shape index (κ2) is 5.23. The standard InChI is InChI=1S/C16H21N5O3/c1-5-8-10-13(17)18-7-19-14(10)21(20-8)15-12-11(9(6-2)22-15)23-16(3,4)24-12/h5,7,9,11-12,15H,1,6H2,2-4H3,(H2,17,18,19)/t9-,11+,12+,15+/m0/s1. The normalized spacial score (nSPS) is 31.5. The zero-order valence-electron chi connectivity index (χ0n) is 14.0. The van der Waals surface area contributed by atoms with E-state index in [9.17, 15) is 0 Å². The Hall–Kier alpha value is -2.03. The van der Waals surface area contributed by atoms with Crippen molar-refractivity contribution >= 4 is 22.9 Å². The lowest BCUT2D eigenvalue weighted by Gasteiger charge is -2.24. The van der Waals surface area contributed by atoms with Crippen molar-refractivity contribution in [3.63, 3.8) is 0 Å². The van der Waals surface area contributed by atoms with Gasteiger partial charge in [0, 0.05) is 0 Å².